The summed E-state index contributed by atoms with van der Waals surface area (Å²) in [4.78, 5) is 16.4. The zero-order valence-corrected chi connectivity index (χ0v) is 13.7. The molecule has 1 aliphatic heterocycles. The maximum absolute atomic E-state index is 12.3. The number of pyridine rings is 1. The van der Waals surface area contributed by atoms with E-state index in [4.69, 9.17) is 9.47 Å². The first-order valence-electron chi connectivity index (χ1n) is 8.14. The molecule has 1 saturated heterocycles. The van der Waals surface area contributed by atoms with Crippen LogP contribution in [0.15, 0.2) is 36.7 Å². The zero-order chi connectivity index (χ0) is 16.8. The van der Waals surface area contributed by atoms with E-state index in [2.05, 4.69) is 15.4 Å². The maximum atomic E-state index is 12.3. The van der Waals surface area contributed by atoms with Crippen LogP contribution in [0.1, 0.15) is 18.5 Å². The molecule has 3 rings (SSSR count). The van der Waals surface area contributed by atoms with E-state index < -0.39 is 0 Å². The summed E-state index contributed by atoms with van der Waals surface area (Å²) in [6, 6.07) is 7.36. The van der Waals surface area contributed by atoms with Crippen LogP contribution in [-0.4, -0.2) is 46.0 Å². The van der Waals surface area contributed by atoms with Crippen molar-refractivity contribution in [3.05, 3.63) is 42.4 Å². The Morgan fingerprint density at radius 2 is 2.33 bits per heavy atom. The number of hydrogen-bond acceptors (Lipinski definition) is 5. The molecule has 3 heterocycles. The predicted molar refractivity (Wildman–Crippen MR) is 87.5 cm³/mol. The average molecular weight is 330 g/mol. The van der Waals surface area contributed by atoms with Gasteiger partial charge >= 0.3 is 0 Å². The molecular formula is C17H22N4O3. The average Bonchev–Trinajstić information content (AvgIpc) is 3.01. The van der Waals surface area contributed by atoms with Crippen molar-refractivity contribution in [2.24, 2.45) is 7.05 Å². The van der Waals surface area contributed by atoms with Gasteiger partial charge in [0.2, 0.25) is 11.8 Å². The molecule has 24 heavy (non-hydrogen) atoms. The fourth-order valence-corrected chi connectivity index (χ4v) is 2.73. The number of hydrogen-bond donors (Lipinski definition) is 1. The summed E-state index contributed by atoms with van der Waals surface area (Å²) in [5.74, 6) is 0.555. The molecule has 2 atom stereocenters. The second kappa shape index (κ2) is 7.92. The van der Waals surface area contributed by atoms with Crippen LogP contribution < -0.4 is 10.1 Å². The summed E-state index contributed by atoms with van der Waals surface area (Å²) in [5.41, 5.74) is 1.04. The van der Waals surface area contributed by atoms with E-state index in [0.29, 0.717) is 31.9 Å². The lowest BCUT2D eigenvalue weighted by Crippen LogP contribution is -2.51. The molecule has 0 bridgehead atoms. The van der Waals surface area contributed by atoms with Crippen LogP contribution in [-0.2, 0) is 23.0 Å². The third-order valence-corrected chi connectivity index (χ3v) is 4.09. The van der Waals surface area contributed by atoms with Crippen molar-refractivity contribution in [3.63, 3.8) is 0 Å². The standard InChI is InChI=1S/C17H22N4O3/c1-21-13(7-10-19-21)5-6-16(22)20-14-8-11-23-12-15(14)24-17-4-2-3-9-18-17/h2-4,7,9-10,14-15H,5-6,8,11-12H2,1H3,(H,20,22)/t14-,15-/m0/s1. The molecule has 0 aliphatic carbocycles. The monoisotopic (exact) mass is 330 g/mol. The van der Waals surface area contributed by atoms with Gasteiger partial charge in [-0.1, -0.05) is 6.07 Å². The van der Waals surface area contributed by atoms with Crippen LogP contribution >= 0.6 is 0 Å². The Hall–Kier alpha value is -2.41. The van der Waals surface area contributed by atoms with Crippen LogP contribution in [0.4, 0.5) is 0 Å². The molecule has 128 valence electrons. The number of carbonyl (C=O) groups is 1. The van der Waals surface area contributed by atoms with E-state index in [9.17, 15) is 4.79 Å². The quantitative estimate of drug-likeness (QED) is 0.858. The smallest absolute Gasteiger partial charge is 0.220 e. The van der Waals surface area contributed by atoms with Crippen molar-refractivity contribution in [2.45, 2.75) is 31.4 Å². The predicted octanol–water partition coefficient (Wildman–Crippen LogP) is 1.10. The second-order valence-corrected chi connectivity index (χ2v) is 5.81. The SMILES string of the molecule is Cn1nccc1CCC(=O)N[C@H]1CCOC[C@@H]1Oc1ccccn1. The van der Waals surface area contributed by atoms with E-state index in [0.717, 1.165) is 12.1 Å². The van der Waals surface area contributed by atoms with Crippen LogP contribution in [0.25, 0.3) is 0 Å². The molecule has 0 aromatic carbocycles. The van der Waals surface area contributed by atoms with Gasteiger partial charge in [0.1, 0.15) is 6.10 Å². The third kappa shape index (κ3) is 4.32. The molecule has 0 radical (unpaired) electrons. The van der Waals surface area contributed by atoms with Crippen molar-refractivity contribution in [1.82, 2.24) is 20.1 Å². The number of aromatic nitrogens is 3. The highest BCUT2D eigenvalue weighted by Crippen LogP contribution is 2.15. The molecule has 1 N–H and O–H groups in total. The largest absolute Gasteiger partial charge is 0.470 e. The van der Waals surface area contributed by atoms with E-state index in [1.54, 1.807) is 23.1 Å². The molecule has 7 nitrogen and oxygen atoms in total. The molecular weight excluding hydrogens is 308 g/mol. The lowest BCUT2D eigenvalue weighted by atomic mass is 10.1. The van der Waals surface area contributed by atoms with Gasteiger partial charge in [-0.3, -0.25) is 9.48 Å². The summed E-state index contributed by atoms with van der Waals surface area (Å²) in [7, 11) is 1.88. The summed E-state index contributed by atoms with van der Waals surface area (Å²) in [6.07, 6.45) is 5.01. The lowest BCUT2D eigenvalue weighted by Gasteiger charge is -2.32. The molecule has 2 aromatic rings. The minimum atomic E-state index is -0.227. The van der Waals surface area contributed by atoms with Gasteiger partial charge in [0.15, 0.2) is 0 Å². The minimum Gasteiger partial charge on any atom is -0.470 e. The highest BCUT2D eigenvalue weighted by molar-refractivity contribution is 5.76. The summed E-state index contributed by atoms with van der Waals surface area (Å²) in [5, 5.41) is 7.18. The first-order chi connectivity index (χ1) is 11.7. The summed E-state index contributed by atoms with van der Waals surface area (Å²) < 4.78 is 13.1. The Bertz CT molecular complexity index is 659. The topological polar surface area (TPSA) is 78.3 Å². The van der Waals surface area contributed by atoms with E-state index >= 15 is 0 Å². The fourth-order valence-electron chi connectivity index (χ4n) is 2.73. The Morgan fingerprint density at radius 1 is 1.42 bits per heavy atom. The molecule has 0 spiro atoms. The minimum absolute atomic E-state index is 0.0118. The van der Waals surface area contributed by atoms with Crippen molar-refractivity contribution >= 4 is 5.91 Å². The number of amides is 1. The molecule has 1 fully saturated rings. The first-order valence-corrected chi connectivity index (χ1v) is 8.14. The van der Waals surface area contributed by atoms with Crippen LogP contribution in [0, 0.1) is 0 Å². The van der Waals surface area contributed by atoms with E-state index in [1.165, 1.54) is 0 Å². The Kier molecular flexibility index (Phi) is 5.43. The lowest BCUT2D eigenvalue weighted by molar-refractivity contribution is -0.124. The number of nitrogens with zero attached hydrogens (tertiary/aromatic N) is 3. The first kappa shape index (κ1) is 16.4. The zero-order valence-electron chi connectivity index (χ0n) is 13.7. The molecule has 2 aromatic heterocycles. The number of rotatable bonds is 6. The van der Waals surface area contributed by atoms with Crippen molar-refractivity contribution in [3.8, 4) is 5.88 Å². The van der Waals surface area contributed by atoms with E-state index in [-0.39, 0.29) is 18.1 Å². The number of carbonyl (C=O) groups excluding carboxylic acids is 1. The molecule has 1 amide bonds. The Morgan fingerprint density at radius 3 is 3.08 bits per heavy atom. The van der Waals surface area contributed by atoms with Gasteiger partial charge in [-0.2, -0.15) is 5.10 Å². The number of aryl methyl sites for hydroxylation is 2. The second-order valence-electron chi connectivity index (χ2n) is 5.81. The third-order valence-electron chi connectivity index (χ3n) is 4.09. The van der Waals surface area contributed by atoms with E-state index in [1.807, 2.05) is 25.2 Å². The molecule has 0 saturated carbocycles. The molecule has 1 aliphatic rings. The summed E-state index contributed by atoms with van der Waals surface area (Å²) in [6.45, 7) is 1.07. The highest BCUT2D eigenvalue weighted by atomic mass is 16.5. The van der Waals surface area contributed by atoms with Gasteiger partial charge in [-0.15, -0.1) is 0 Å². The normalized spacial score (nSPS) is 20.5. The Balaban J connectivity index is 1.53. The van der Waals surface area contributed by atoms with Gasteiger partial charge in [0.25, 0.3) is 0 Å². The number of ether oxygens (including phenoxy) is 2. The van der Waals surface area contributed by atoms with Gasteiger partial charge < -0.3 is 14.8 Å². The van der Waals surface area contributed by atoms with Crippen LogP contribution in [0.5, 0.6) is 5.88 Å². The van der Waals surface area contributed by atoms with Crippen LogP contribution in [0.3, 0.4) is 0 Å². The van der Waals surface area contributed by atoms with Gasteiger partial charge in [0, 0.05) is 44.2 Å². The van der Waals surface area contributed by atoms with Crippen molar-refractivity contribution in [2.75, 3.05) is 13.2 Å². The fraction of sp³-hybridized carbons (Fsp3) is 0.471. The van der Waals surface area contributed by atoms with Crippen LogP contribution in [0.2, 0.25) is 0 Å². The molecule has 7 heteroatoms. The Labute approximate surface area is 141 Å². The van der Waals surface area contributed by atoms with Crippen molar-refractivity contribution in [1.29, 1.82) is 0 Å². The van der Waals surface area contributed by atoms with Gasteiger partial charge in [-0.05, 0) is 25.0 Å². The maximum Gasteiger partial charge on any atom is 0.220 e. The number of nitrogens with one attached hydrogen (secondary N) is 1. The summed E-state index contributed by atoms with van der Waals surface area (Å²) >= 11 is 0. The van der Waals surface area contributed by atoms with Crippen molar-refractivity contribution < 1.29 is 14.3 Å². The highest BCUT2D eigenvalue weighted by Gasteiger charge is 2.29. The molecule has 0 unspecified atom stereocenters. The van der Waals surface area contributed by atoms with Gasteiger partial charge in [0.05, 0.1) is 12.6 Å². The van der Waals surface area contributed by atoms with Gasteiger partial charge in [-0.25, -0.2) is 4.98 Å².